The van der Waals surface area contributed by atoms with Gasteiger partial charge in [-0.25, -0.2) is 52.7 Å². The molecule has 0 atom stereocenters. The van der Waals surface area contributed by atoms with E-state index in [9.17, 15) is 87.8 Å². The molecule has 0 nitrogen and oxygen atoms in total. The van der Waals surface area contributed by atoms with Crippen molar-refractivity contribution in [1.29, 1.82) is 0 Å². The minimum atomic E-state index is -2.17. The zero-order valence-corrected chi connectivity index (χ0v) is 30.2. The Bertz CT molecular complexity index is 1860. The fraction of sp³-hybridized carbons (Fsp3) is 0. The monoisotopic (exact) mass is 1050 g/mol. The molecule has 6 aromatic rings. The van der Waals surface area contributed by atoms with Crippen molar-refractivity contribution in [3.8, 4) is 0 Å². The summed E-state index contributed by atoms with van der Waals surface area (Å²) in [5, 5.41) is 2.62. The zero-order valence-electron chi connectivity index (χ0n) is 26.4. The molecule has 0 aliphatic rings. The van der Waals surface area contributed by atoms with Gasteiger partial charge in [0, 0.05) is 0 Å². The largest absolute Gasteiger partial charge is 1.00 e. The van der Waals surface area contributed by atoms with Crippen molar-refractivity contribution < 1.29 is 156 Å². The first-order valence-electron chi connectivity index (χ1n) is 13.2. The Labute approximate surface area is 354 Å². The Kier molecular flexibility index (Phi) is 26.6. The van der Waals surface area contributed by atoms with Crippen LogP contribution >= 0.6 is 0 Å². The number of hydrogen-bond donors (Lipinski definition) is 0. The number of rotatable bonds is 0. The van der Waals surface area contributed by atoms with Crippen LogP contribution in [0.4, 0.5) is 87.8 Å². The molecule has 0 heterocycles. The first-order valence-corrected chi connectivity index (χ1v) is 13.2. The van der Waals surface area contributed by atoms with Gasteiger partial charge < -0.3 is 0 Å². The van der Waals surface area contributed by atoms with Gasteiger partial charge in [0.05, 0.1) is 116 Å². The zero-order chi connectivity index (χ0) is 41.2. The van der Waals surface area contributed by atoms with E-state index in [1.54, 1.807) is 0 Å². The van der Waals surface area contributed by atoms with Crippen LogP contribution in [0.3, 0.4) is 0 Å². The van der Waals surface area contributed by atoms with Crippen molar-refractivity contribution in [2.75, 3.05) is 0 Å². The number of fused-ring (bicyclic) bond motifs is 1. The van der Waals surface area contributed by atoms with Gasteiger partial charge in [-0.05, 0) is 10.8 Å². The third-order valence-electron chi connectivity index (χ3n) is 5.62. The van der Waals surface area contributed by atoms with Crippen LogP contribution in [-0.4, -0.2) is 0 Å². The van der Waals surface area contributed by atoms with E-state index in [0.29, 0.717) is 0 Å². The van der Waals surface area contributed by atoms with Gasteiger partial charge in [-0.15, -0.1) is 24.3 Å². The van der Waals surface area contributed by atoms with E-state index in [4.69, 9.17) is 0 Å². The molecular weight excluding hydrogens is 1040 g/mol. The SMILES string of the molecule is Fc1[c-]c(F)c(F)c(F)c1F.Fc1[c-]c(F)c(F)c(F)c1F.Fc1[c-]c(F)c(F)c(F)c1F.Fc1[c-]c(F)c(F)c(F)c1F.[Cu+].[Cu+].[Cu+].[Cu+].c1ccc2ccccc2c1. The Balaban J connectivity index is -0.000000641. The Hall–Kier alpha value is -3.74. The molecule has 0 saturated heterocycles. The molecule has 0 aliphatic heterocycles. The molecule has 0 N–H and O–H groups in total. The fourth-order valence-electron chi connectivity index (χ4n) is 3.11. The van der Waals surface area contributed by atoms with Gasteiger partial charge in [0.25, 0.3) is 0 Å². The summed E-state index contributed by atoms with van der Waals surface area (Å²) in [7, 11) is 0. The summed E-state index contributed by atoms with van der Waals surface area (Å²) < 4.78 is 239. The second kappa shape index (κ2) is 26.4. The molecule has 0 fully saturated rings. The van der Waals surface area contributed by atoms with E-state index in [-0.39, 0.29) is 68.3 Å². The van der Waals surface area contributed by atoms with E-state index in [2.05, 4.69) is 48.5 Å². The van der Waals surface area contributed by atoms with E-state index in [0.717, 1.165) is 24.3 Å². The smallest absolute Gasteiger partial charge is 0.278 e. The molecule has 0 aromatic heterocycles. The van der Waals surface area contributed by atoms with E-state index < -0.39 is 116 Å². The van der Waals surface area contributed by atoms with Crippen LogP contribution in [0.5, 0.6) is 0 Å². The summed E-state index contributed by atoms with van der Waals surface area (Å²) in [5.41, 5.74) is 0. The average Bonchev–Trinajstić information content (AvgIpc) is 3.15. The second-order valence-corrected chi connectivity index (χ2v) is 9.13. The maximum Gasteiger partial charge on any atom is 1.00 e. The molecule has 58 heavy (non-hydrogen) atoms. The predicted molar refractivity (Wildman–Crippen MR) is 144 cm³/mol. The molecule has 6 rings (SSSR count). The van der Waals surface area contributed by atoms with Gasteiger partial charge in [-0.1, -0.05) is 48.5 Å². The Morgan fingerprint density at radius 2 is 0.328 bits per heavy atom. The van der Waals surface area contributed by atoms with Gasteiger partial charge in [0.1, 0.15) is 0 Å². The Morgan fingerprint density at radius 1 is 0.207 bits per heavy atom. The summed E-state index contributed by atoms with van der Waals surface area (Å²) >= 11 is 0. The number of halogens is 20. The van der Waals surface area contributed by atoms with Crippen LogP contribution in [0.1, 0.15) is 0 Å². The third kappa shape index (κ3) is 15.5. The molecule has 6 aromatic carbocycles. The molecular formula is C34H8Cu4F20. The minimum Gasteiger partial charge on any atom is -0.278 e. The predicted octanol–water partition coefficient (Wildman–Crippen LogP) is 11.6. The molecule has 0 aliphatic carbocycles. The van der Waals surface area contributed by atoms with Crippen LogP contribution in [0.25, 0.3) is 10.8 Å². The average molecular weight is 1050 g/mol. The van der Waals surface area contributed by atoms with Crippen LogP contribution in [0, 0.1) is 141 Å². The molecule has 0 unspecified atom stereocenters. The topological polar surface area (TPSA) is 0 Å². The van der Waals surface area contributed by atoms with E-state index >= 15 is 0 Å². The first kappa shape index (κ1) is 58.6. The van der Waals surface area contributed by atoms with Crippen molar-refractivity contribution in [2.24, 2.45) is 0 Å². The van der Waals surface area contributed by atoms with Gasteiger partial charge in [0.2, 0.25) is 0 Å². The molecule has 0 saturated carbocycles. The summed E-state index contributed by atoms with van der Waals surface area (Å²) in [6, 6.07) is 20.8. The van der Waals surface area contributed by atoms with Crippen molar-refractivity contribution >= 4 is 10.8 Å². The molecule has 0 spiro atoms. The third-order valence-corrected chi connectivity index (χ3v) is 5.62. The van der Waals surface area contributed by atoms with Gasteiger partial charge in [-0.3, -0.25) is 35.1 Å². The molecule has 0 amide bonds. The van der Waals surface area contributed by atoms with Crippen molar-refractivity contribution in [3.63, 3.8) is 0 Å². The minimum absolute atomic E-state index is 0. The maximum atomic E-state index is 12.0. The van der Waals surface area contributed by atoms with Crippen molar-refractivity contribution in [3.05, 3.63) is 189 Å². The quantitative estimate of drug-likeness (QED) is 0.0468. The van der Waals surface area contributed by atoms with Crippen LogP contribution in [-0.2, 0) is 68.3 Å². The van der Waals surface area contributed by atoms with Gasteiger partial charge in [-0.2, -0.15) is 0 Å². The Morgan fingerprint density at radius 3 is 0.448 bits per heavy atom. The standard InChI is InChI=1S/C10H8.4C6F5.4Cu/c1-2-6-10-8-4-3-7-9(10)5-1;4*7-2-1-3(8)5(10)6(11)4(2)9;;;;/h1-8H;;;;;;;;/q;4*-1;4*+1. The summed E-state index contributed by atoms with van der Waals surface area (Å²) in [4.78, 5) is 0. The van der Waals surface area contributed by atoms with Crippen molar-refractivity contribution in [1.82, 2.24) is 0 Å². The van der Waals surface area contributed by atoms with Crippen LogP contribution in [0.15, 0.2) is 48.5 Å². The van der Waals surface area contributed by atoms with Crippen LogP contribution in [0.2, 0.25) is 0 Å². The van der Waals surface area contributed by atoms with E-state index in [1.165, 1.54) is 10.8 Å². The van der Waals surface area contributed by atoms with Gasteiger partial charge >= 0.3 is 68.3 Å². The van der Waals surface area contributed by atoms with Crippen LogP contribution < -0.4 is 0 Å². The maximum absolute atomic E-state index is 12.0. The van der Waals surface area contributed by atoms with Crippen molar-refractivity contribution in [2.45, 2.75) is 0 Å². The fourth-order valence-corrected chi connectivity index (χ4v) is 3.11. The molecule has 328 valence electrons. The number of benzene rings is 6. The summed E-state index contributed by atoms with van der Waals surface area (Å²) in [6.07, 6.45) is 0. The number of hydrogen-bond acceptors (Lipinski definition) is 0. The molecule has 0 radical (unpaired) electrons. The summed E-state index contributed by atoms with van der Waals surface area (Å²) in [5.74, 6) is -40.2. The first-order chi connectivity index (χ1) is 25.1. The second-order valence-electron chi connectivity index (χ2n) is 9.13. The molecule has 24 heteroatoms. The molecule has 0 bridgehead atoms. The van der Waals surface area contributed by atoms with E-state index in [1.807, 2.05) is 0 Å². The summed E-state index contributed by atoms with van der Waals surface area (Å²) in [6.45, 7) is 0. The van der Waals surface area contributed by atoms with Gasteiger partial charge in [0.15, 0.2) is 0 Å². The normalized spacial score (nSPS) is 9.52.